The number of carbonyl (C=O) groups is 2. The predicted molar refractivity (Wildman–Crippen MR) is 105 cm³/mol. The van der Waals surface area contributed by atoms with E-state index in [0.29, 0.717) is 11.1 Å². The van der Waals surface area contributed by atoms with Crippen LogP contribution in [0.15, 0.2) is 11.1 Å². The summed E-state index contributed by atoms with van der Waals surface area (Å²) in [5.74, 6) is -0.445. The standard InChI is InChI=1S/C18H27IO5Si/c1-7-8-9-12(19)10-11(17(21)22-9)14(16-15(23-16)13(10)20)24-25(5,6)18(2,3)4/h9,12,14-16H,7-8H2,1-6H3/t9?,12?,14-,15-,16+/m1/s1. The first-order valence-electron chi connectivity index (χ1n) is 8.96. The summed E-state index contributed by atoms with van der Waals surface area (Å²) >= 11 is 2.24. The van der Waals surface area contributed by atoms with E-state index < -0.39 is 26.5 Å². The van der Waals surface area contributed by atoms with Gasteiger partial charge in [-0.3, -0.25) is 4.79 Å². The van der Waals surface area contributed by atoms with Gasteiger partial charge in [-0.25, -0.2) is 4.79 Å². The summed E-state index contributed by atoms with van der Waals surface area (Å²) in [6.45, 7) is 12.8. The second-order valence-electron chi connectivity index (χ2n) is 8.65. The molecule has 0 bridgehead atoms. The van der Waals surface area contributed by atoms with Gasteiger partial charge >= 0.3 is 5.97 Å². The van der Waals surface area contributed by atoms with Crippen molar-refractivity contribution in [2.75, 3.05) is 0 Å². The Bertz CT molecular complexity index is 636. The van der Waals surface area contributed by atoms with Gasteiger partial charge in [-0.05, 0) is 24.6 Å². The Morgan fingerprint density at radius 2 is 1.84 bits per heavy atom. The Balaban J connectivity index is 1.99. The van der Waals surface area contributed by atoms with Crippen LogP contribution in [0.5, 0.6) is 0 Å². The number of cyclic esters (lactones) is 1. The van der Waals surface area contributed by atoms with Gasteiger partial charge in [0.15, 0.2) is 14.1 Å². The predicted octanol–water partition coefficient (Wildman–Crippen LogP) is 3.55. The highest BCUT2D eigenvalue weighted by molar-refractivity contribution is 14.1. The van der Waals surface area contributed by atoms with Crippen LogP contribution in [-0.2, 0) is 23.5 Å². The number of alkyl halides is 1. The molecule has 3 aliphatic rings. The van der Waals surface area contributed by atoms with Crippen molar-refractivity contribution in [2.24, 2.45) is 0 Å². The van der Waals surface area contributed by atoms with E-state index in [-0.39, 0.29) is 27.0 Å². The molecule has 5 atom stereocenters. The number of fused-ring (bicyclic) bond motifs is 1. The number of hydrogen-bond donors (Lipinski definition) is 0. The molecule has 0 aromatic carbocycles. The lowest BCUT2D eigenvalue weighted by Crippen LogP contribution is -2.52. The van der Waals surface area contributed by atoms with E-state index in [4.69, 9.17) is 13.9 Å². The molecule has 5 nitrogen and oxygen atoms in total. The molecule has 2 aliphatic heterocycles. The lowest BCUT2D eigenvalue weighted by Gasteiger charge is -2.42. The van der Waals surface area contributed by atoms with Gasteiger partial charge in [-0.1, -0.05) is 56.7 Å². The quantitative estimate of drug-likeness (QED) is 0.203. The van der Waals surface area contributed by atoms with Gasteiger partial charge in [0.2, 0.25) is 0 Å². The van der Waals surface area contributed by atoms with Crippen LogP contribution in [0.2, 0.25) is 18.1 Å². The van der Waals surface area contributed by atoms with E-state index in [1.54, 1.807) is 0 Å². The Kier molecular flexibility index (Phi) is 5.01. The Hall–Kier alpha value is -0.253. The fourth-order valence-electron chi connectivity index (χ4n) is 3.24. The summed E-state index contributed by atoms with van der Waals surface area (Å²) in [5, 5.41) is 0.00656. The lowest BCUT2D eigenvalue weighted by atomic mass is 9.83. The number of carbonyl (C=O) groups excluding carboxylic acids is 2. The topological polar surface area (TPSA) is 65.1 Å². The summed E-state index contributed by atoms with van der Waals surface area (Å²) in [4.78, 5) is 25.5. The molecule has 2 unspecified atom stereocenters. The number of esters is 1. The molecule has 3 rings (SSSR count). The molecule has 140 valence electrons. The number of ether oxygens (including phenoxy) is 2. The Labute approximate surface area is 164 Å². The van der Waals surface area contributed by atoms with Crippen molar-refractivity contribution in [1.82, 2.24) is 0 Å². The molecule has 25 heavy (non-hydrogen) atoms. The molecule has 0 saturated carbocycles. The normalized spacial score (nSPS) is 35.2. The van der Waals surface area contributed by atoms with Gasteiger partial charge in [0.05, 0.1) is 9.50 Å². The summed E-state index contributed by atoms with van der Waals surface area (Å²) < 4.78 is 17.7. The van der Waals surface area contributed by atoms with Crippen LogP contribution in [-0.4, -0.2) is 48.4 Å². The molecule has 0 amide bonds. The van der Waals surface area contributed by atoms with Gasteiger partial charge in [0.1, 0.15) is 24.4 Å². The van der Waals surface area contributed by atoms with Gasteiger partial charge in [-0.2, -0.15) is 0 Å². The summed E-state index contributed by atoms with van der Waals surface area (Å²) in [6.07, 6.45) is 0.154. The van der Waals surface area contributed by atoms with Crippen LogP contribution < -0.4 is 0 Å². The maximum absolute atomic E-state index is 12.8. The van der Waals surface area contributed by atoms with Crippen LogP contribution in [0.3, 0.4) is 0 Å². The molecule has 7 heteroatoms. The van der Waals surface area contributed by atoms with E-state index in [9.17, 15) is 9.59 Å². The molecule has 1 aliphatic carbocycles. The molecule has 0 N–H and O–H groups in total. The van der Waals surface area contributed by atoms with E-state index in [0.717, 1.165) is 12.8 Å². The van der Waals surface area contributed by atoms with Crippen molar-refractivity contribution >= 4 is 42.7 Å². The van der Waals surface area contributed by atoms with Crippen LogP contribution in [0.4, 0.5) is 0 Å². The molecular formula is C18H27IO5Si. The third-order valence-corrected chi connectivity index (χ3v) is 11.7. The van der Waals surface area contributed by atoms with Crippen LogP contribution in [0.25, 0.3) is 0 Å². The lowest BCUT2D eigenvalue weighted by molar-refractivity contribution is -0.148. The summed E-state index contributed by atoms with van der Waals surface area (Å²) in [5.41, 5.74) is 0.998. The fraction of sp³-hybridized carbons (Fsp3) is 0.778. The highest BCUT2D eigenvalue weighted by Gasteiger charge is 2.62. The Morgan fingerprint density at radius 3 is 2.40 bits per heavy atom. The maximum Gasteiger partial charge on any atom is 0.337 e. The van der Waals surface area contributed by atoms with Crippen molar-refractivity contribution in [3.05, 3.63) is 11.1 Å². The Morgan fingerprint density at radius 1 is 1.20 bits per heavy atom. The summed E-state index contributed by atoms with van der Waals surface area (Å²) in [7, 11) is -2.13. The molecule has 2 heterocycles. The van der Waals surface area contributed by atoms with Crippen LogP contribution >= 0.6 is 22.6 Å². The SMILES string of the molecule is CCCC1OC(=O)C2=C(C(=O)[C@H]3O[C@H]3[C@@H]2O[Si](C)(C)C(C)(C)C)C1I. The van der Waals surface area contributed by atoms with Crippen LogP contribution in [0.1, 0.15) is 40.5 Å². The summed E-state index contributed by atoms with van der Waals surface area (Å²) in [6, 6.07) is 0. The number of Topliss-reactive ketones (excluding diaryl/α,β-unsaturated/α-hetero) is 1. The highest BCUT2D eigenvalue weighted by Crippen LogP contribution is 2.48. The zero-order valence-electron chi connectivity index (χ0n) is 15.7. The van der Waals surface area contributed by atoms with Crippen LogP contribution in [0, 0.1) is 0 Å². The van der Waals surface area contributed by atoms with Gasteiger partial charge in [0, 0.05) is 5.57 Å². The smallest absolute Gasteiger partial charge is 0.337 e. The molecule has 0 spiro atoms. The second-order valence-corrected chi connectivity index (χ2v) is 14.7. The van der Waals surface area contributed by atoms with Crippen molar-refractivity contribution < 1.29 is 23.5 Å². The van der Waals surface area contributed by atoms with Gasteiger partial charge < -0.3 is 13.9 Å². The van der Waals surface area contributed by atoms with Crippen molar-refractivity contribution in [2.45, 2.75) is 87.0 Å². The van der Waals surface area contributed by atoms with Crippen molar-refractivity contribution in [3.8, 4) is 0 Å². The first-order valence-corrected chi connectivity index (χ1v) is 13.1. The number of halogens is 1. The minimum Gasteiger partial charge on any atom is -0.457 e. The first kappa shape index (κ1) is 19.5. The van der Waals surface area contributed by atoms with E-state index in [1.165, 1.54) is 0 Å². The minimum atomic E-state index is -2.13. The number of hydrogen-bond acceptors (Lipinski definition) is 5. The van der Waals surface area contributed by atoms with E-state index >= 15 is 0 Å². The highest BCUT2D eigenvalue weighted by atomic mass is 127. The first-order chi connectivity index (χ1) is 11.5. The van der Waals surface area contributed by atoms with E-state index in [2.05, 4.69) is 56.5 Å². The molecule has 0 aromatic rings. The zero-order chi connectivity index (χ0) is 18.7. The number of epoxide rings is 1. The average molecular weight is 478 g/mol. The molecule has 1 saturated heterocycles. The monoisotopic (exact) mass is 478 g/mol. The molecule has 1 fully saturated rings. The maximum atomic E-state index is 12.8. The average Bonchev–Trinajstić information content (AvgIpc) is 3.27. The third-order valence-electron chi connectivity index (χ3n) is 5.80. The molecular weight excluding hydrogens is 451 g/mol. The van der Waals surface area contributed by atoms with Gasteiger partial charge in [0.25, 0.3) is 0 Å². The number of rotatable bonds is 4. The molecule has 0 radical (unpaired) electrons. The van der Waals surface area contributed by atoms with Crippen molar-refractivity contribution in [3.63, 3.8) is 0 Å². The minimum absolute atomic E-state index is 0.00656. The molecule has 0 aromatic heterocycles. The number of ketones is 1. The fourth-order valence-corrected chi connectivity index (χ4v) is 5.62. The van der Waals surface area contributed by atoms with E-state index in [1.807, 2.05) is 6.92 Å². The zero-order valence-corrected chi connectivity index (χ0v) is 18.9. The second kappa shape index (κ2) is 6.42. The van der Waals surface area contributed by atoms with Gasteiger partial charge in [-0.15, -0.1) is 0 Å². The van der Waals surface area contributed by atoms with Crippen molar-refractivity contribution in [1.29, 1.82) is 0 Å². The third kappa shape index (κ3) is 3.25. The largest absolute Gasteiger partial charge is 0.457 e.